The Morgan fingerprint density at radius 3 is 2.50 bits per heavy atom. The average molecular weight is 321 g/mol. The SMILES string of the molecule is CCOc1ccc(C(=O)Nc2ccc([N+](=O)[O-])cc2)cc1Cl. The monoisotopic (exact) mass is 320 g/mol. The van der Waals surface area contributed by atoms with Gasteiger partial charge < -0.3 is 10.1 Å². The van der Waals surface area contributed by atoms with E-state index in [0.29, 0.717) is 28.6 Å². The molecule has 6 nitrogen and oxygen atoms in total. The lowest BCUT2D eigenvalue weighted by atomic mass is 10.2. The summed E-state index contributed by atoms with van der Waals surface area (Å²) in [5.41, 5.74) is 0.787. The zero-order valence-corrected chi connectivity index (χ0v) is 12.5. The molecule has 0 fully saturated rings. The van der Waals surface area contributed by atoms with E-state index in [9.17, 15) is 14.9 Å². The number of halogens is 1. The molecular formula is C15H13ClN2O4. The van der Waals surface area contributed by atoms with Crippen molar-refractivity contribution in [1.82, 2.24) is 0 Å². The van der Waals surface area contributed by atoms with E-state index < -0.39 is 4.92 Å². The maximum atomic E-state index is 12.1. The molecule has 0 bridgehead atoms. The molecule has 0 radical (unpaired) electrons. The van der Waals surface area contributed by atoms with Gasteiger partial charge in [0.15, 0.2) is 0 Å². The van der Waals surface area contributed by atoms with Crippen LogP contribution in [0, 0.1) is 10.1 Å². The molecule has 0 aromatic heterocycles. The Morgan fingerprint density at radius 2 is 1.95 bits per heavy atom. The molecule has 0 unspecified atom stereocenters. The van der Waals surface area contributed by atoms with E-state index in [0.717, 1.165) is 0 Å². The van der Waals surface area contributed by atoms with Crippen molar-refractivity contribution in [2.24, 2.45) is 0 Å². The number of nitro benzene ring substituents is 1. The summed E-state index contributed by atoms with van der Waals surface area (Å²) >= 11 is 6.03. The van der Waals surface area contributed by atoms with Gasteiger partial charge >= 0.3 is 0 Å². The molecular weight excluding hydrogens is 308 g/mol. The summed E-state index contributed by atoms with van der Waals surface area (Å²) in [6.45, 7) is 2.32. The molecule has 2 aromatic carbocycles. The van der Waals surface area contributed by atoms with Crippen molar-refractivity contribution in [2.75, 3.05) is 11.9 Å². The largest absolute Gasteiger partial charge is 0.492 e. The number of nitrogens with zero attached hydrogens (tertiary/aromatic N) is 1. The standard InChI is InChI=1S/C15H13ClN2O4/c1-2-22-14-8-3-10(9-13(14)16)15(19)17-11-4-6-12(7-5-11)18(20)21/h3-9H,2H2,1H3,(H,17,19). The first kappa shape index (κ1) is 15.8. The van der Waals surface area contributed by atoms with Gasteiger partial charge in [-0.3, -0.25) is 14.9 Å². The Balaban J connectivity index is 2.11. The molecule has 0 aliphatic heterocycles. The molecule has 0 aliphatic rings. The summed E-state index contributed by atoms with van der Waals surface area (Å²) in [5.74, 6) is 0.148. The number of nitrogens with one attached hydrogen (secondary N) is 1. The zero-order chi connectivity index (χ0) is 16.1. The highest BCUT2D eigenvalue weighted by molar-refractivity contribution is 6.32. The van der Waals surface area contributed by atoms with Crippen LogP contribution in [-0.2, 0) is 0 Å². The Bertz CT molecular complexity index is 701. The first-order chi connectivity index (χ1) is 10.5. The summed E-state index contributed by atoms with van der Waals surface area (Å²) in [6, 6.07) is 10.3. The maximum absolute atomic E-state index is 12.1. The maximum Gasteiger partial charge on any atom is 0.269 e. The fourth-order valence-corrected chi connectivity index (χ4v) is 2.02. The molecule has 0 aliphatic carbocycles. The molecule has 7 heteroatoms. The summed E-state index contributed by atoms with van der Waals surface area (Å²) in [4.78, 5) is 22.2. The van der Waals surface area contributed by atoms with Crippen molar-refractivity contribution in [2.45, 2.75) is 6.92 Å². The third kappa shape index (κ3) is 3.73. The van der Waals surface area contributed by atoms with Gasteiger partial charge in [-0.05, 0) is 37.3 Å². The normalized spacial score (nSPS) is 10.1. The number of rotatable bonds is 5. The molecule has 22 heavy (non-hydrogen) atoms. The molecule has 114 valence electrons. The minimum absolute atomic E-state index is 0.0397. The van der Waals surface area contributed by atoms with Crippen molar-refractivity contribution in [3.63, 3.8) is 0 Å². The van der Waals surface area contributed by atoms with Crippen molar-refractivity contribution in [1.29, 1.82) is 0 Å². The van der Waals surface area contributed by atoms with Crippen LogP contribution in [0.5, 0.6) is 5.75 Å². The van der Waals surface area contributed by atoms with Crippen LogP contribution in [0.2, 0.25) is 5.02 Å². The summed E-state index contributed by atoms with van der Waals surface area (Å²) < 4.78 is 5.30. The second-order valence-corrected chi connectivity index (χ2v) is 4.74. The summed E-state index contributed by atoms with van der Waals surface area (Å²) in [7, 11) is 0. The third-order valence-electron chi connectivity index (χ3n) is 2.83. The second-order valence-electron chi connectivity index (χ2n) is 4.34. The fourth-order valence-electron chi connectivity index (χ4n) is 1.78. The van der Waals surface area contributed by atoms with Crippen LogP contribution in [0.1, 0.15) is 17.3 Å². The number of hydrogen-bond donors (Lipinski definition) is 1. The van der Waals surface area contributed by atoms with E-state index in [-0.39, 0.29) is 11.6 Å². The number of ether oxygens (including phenoxy) is 1. The van der Waals surface area contributed by atoms with Gasteiger partial charge in [0, 0.05) is 23.4 Å². The van der Waals surface area contributed by atoms with Gasteiger partial charge in [-0.15, -0.1) is 0 Å². The van der Waals surface area contributed by atoms with Gasteiger partial charge in [-0.25, -0.2) is 0 Å². The van der Waals surface area contributed by atoms with Crippen molar-refractivity contribution < 1.29 is 14.5 Å². The lowest BCUT2D eigenvalue weighted by Crippen LogP contribution is -2.12. The molecule has 0 saturated heterocycles. The summed E-state index contributed by atoms with van der Waals surface area (Å²) in [5, 5.41) is 13.6. The Labute approximate surface area is 131 Å². The molecule has 1 N–H and O–H groups in total. The quantitative estimate of drug-likeness (QED) is 0.669. The van der Waals surface area contributed by atoms with Gasteiger partial charge in [-0.2, -0.15) is 0 Å². The molecule has 0 atom stereocenters. The van der Waals surface area contributed by atoms with Crippen LogP contribution in [0.25, 0.3) is 0 Å². The second kappa shape index (κ2) is 6.91. The number of amides is 1. The molecule has 1 amide bonds. The van der Waals surface area contributed by atoms with E-state index in [1.54, 1.807) is 12.1 Å². The lowest BCUT2D eigenvalue weighted by Gasteiger charge is -2.08. The van der Waals surface area contributed by atoms with E-state index >= 15 is 0 Å². The number of carbonyl (C=O) groups is 1. The van der Waals surface area contributed by atoms with Gasteiger partial charge in [0.25, 0.3) is 11.6 Å². The fraction of sp³-hybridized carbons (Fsp3) is 0.133. The van der Waals surface area contributed by atoms with Crippen LogP contribution >= 0.6 is 11.6 Å². The first-order valence-corrected chi connectivity index (χ1v) is 6.87. The van der Waals surface area contributed by atoms with Crippen LogP contribution in [0.15, 0.2) is 42.5 Å². The average Bonchev–Trinajstić information content (AvgIpc) is 2.50. The highest BCUT2D eigenvalue weighted by atomic mass is 35.5. The molecule has 2 aromatic rings. The minimum atomic E-state index is -0.502. The molecule has 2 rings (SSSR count). The topological polar surface area (TPSA) is 81.5 Å². The highest BCUT2D eigenvalue weighted by Gasteiger charge is 2.11. The van der Waals surface area contributed by atoms with Crippen LogP contribution in [0.4, 0.5) is 11.4 Å². The van der Waals surface area contributed by atoms with E-state index in [1.807, 2.05) is 6.92 Å². The molecule has 0 saturated carbocycles. The molecule has 0 spiro atoms. The van der Waals surface area contributed by atoms with E-state index in [2.05, 4.69) is 5.32 Å². The van der Waals surface area contributed by atoms with E-state index in [4.69, 9.17) is 16.3 Å². The number of carbonyl (C=O) groups excluding carboxylic acids is 1. The number of benzene rings is 2. The van der Waals surface area contributed by atoms with Crippen molar-refractivity contribution in [3.8, 4) is 5.75 Å². The zero-order valence-electron chi connectivity index (χ0n) is 11.7. The van der Waals surface area contributed by atoms with E-state index in [1.165, 1.54) is 30.3 Å². The highest BCUT2D eigenvalue weighted by Crippen LogP contribution is 2.26. The first-order valence-electron chi connectivity index (χ1n) is 6.49. The predicted molar refractivity (Wildman–Crippen MR) is 83.7 cm³/mol. The number of non-ortho nitro benzene ring substituents is 1. The van der Waals surface area contributed by atoms with Crippen LogP contribution < -0.4 is 10.1 Å². The smallest absolute Gasteiger partial charge is 0.269 e. The van der Waals surface area contributed by atoms with Crippen LogP contribution in [0.3, 0.4) is 0 Å². The molecule has 0 heterocycles. The van der Waals surface area contributed by atoms with Gasteiger partial charge in [0.05, 0.1) is 16.6 Å². The minimum Gasteiger partial charge on any atom is -0.492 e. The predicted octanol–water partition coefficient (Wildman–Crippen LogP) is 3.90. The van der Waals surface area contributed by atoms with Gasteiger partial charge in [0.2, 0.25) is 0 Å². The third-order valence-corrected chi connectivity index (χ3v) is 3.13. The Morgan fingerprint density at radius 1 is 1.27 bits per heavy atom. The Hall–Kier alpha value is -2.60. The number of anilines is 1. The Kier molecular flexibility index (Phi) is 4.95. The van der Waals surface area contributed by atoms with Gasteiger partial charge in [0.1, 0.15) is 5.75 Å². The van der Waals surface area contributed by atoms with Crippen LogP contribution in [-0.4, -0.2) is 17.4 Å². The number of hydrogen-bond acceptors (Lipinski definition) is 4. The van der Waals surface area contributed by atoms with Crippen molar-refractivity contribution >= 4 is 28.9 Å². The summed E-state index contributed by atoms with van der Waals surface area (Å²) in [6.07, 6.45) is 0. The number of nitro groups is 1. The van der Waals surface area contributed by atoms with Gasteiger partial charge in [-0.1, -0.05) is 11.6 Å². The van der Waals surface area contributed by atoms with Crippen molar-refractivity contribution in [3.05, 3.63) is 63.2 Å². The lowest BCUT2D eigenvalue weighted by molar-refractivity contribution is -0.384.